The van der Waals surface area contributed by atoms with E-state index in [2.05, 4.69) is 106 Å². The first-order chi connectivity index (χ1) is 30.5. The molecule has 6 heteroatoms. The van der Waals surface area contributed by atoms with Crippen LogP contribution < -0.4 is 0 Å². The minimum Gasteiger partial charge on any atom is -0.462 e. The second-order valence-electron chi connectivity index (χ2n) is 16.7. The number of unbranched alkanes of at least 4 members (excludes halogenated alkanes) is 22. The van der Waals surface area contributed by atoms with E-state index in [0.717, 1.165) is 103 Å². The number of allylic oxidation sites excluding steroid dienone is 14. The molecule has 0 heterocycles. The number of hydrogen-bond acceptors (Lipinski definition) is 6. The molecule has 0 saturated heterocycles. The number of carbonyl (C=O) groups is 3. The molecule has 0 aromatic heterocycles. The van der Waals surface area contributed by atoms with Crippen LogP contribution in [0.3, 0.4) is 0 Å². The van der Waals surface area contributed by atoms with Gasteiger partial charge >= 0.3 is 17.9 Å². The van der Waals surface area contributed by atoms with Crippen LogP contribution in [0.2, 0.25) is 0 Å². The summed E-state index contributed by atoms with van der Waals surface area (Å²) in [4.78, 5) is 38.0. The van der Waals surface area contributed by atoms with Crippen molar-refractivity contribution in [2.45, 2.75) is 239 Å². The van der Waals surface area contributed by atoms with E-state index in [1.807, 2.05) is 0 Å². The molecule has 62 heavy (non-hydrogen) atoms. The fourth-order valence-electron chi connectivity index (χ4n) is 6.90. The molecule has 0 saturated carbocycles. The topological polar surface area (TPSA) is 78.9 Å². The fourth-order valence-corrected chi connectivity index (χ4v) is 6.90. The van der Waals surface area contributed by atoms with E-state index in [4.69, 9.17) is 14.2 Å². The molecule has 1 unspecified atom stereocenters. The highest BCUT2D eigenvalue weighted by molar-refractivity contribution is 5.71. The minimum absolute atomic E-state index is 0.0907. The molecular weight excluding hydrogens is 769 g/mol. The van der Waals surface area contributed by atoms with Gasteiger partial charge in [-0.1, -0.05) is 221 Å². The normalized spacial score (nSPS) is 12.8. The largest absolute Gasteiger partial charge is 0.462 e. The van der Waals surface area contributed by atoms with Crippen molar-refractivity contribution in [2.75, 3.05) is 13.2 Å². The average molecular weight is 863 g/mol. The summed E-state index contributed by atoms with van der Waals surface area (Å²) < 4.78 is 16.8. The molecule has 354 valence electrons. The molecule has 1 atom stereocenters. The van der Waals surface area contributed by atoms with Gasteiger partial charge in [-0.3, -0.25) is 14.4 Å². The van der Waals surface area contributed by atoms with E-state index in [-0.39, 0.29) is 31.1 Å². The molecule has 0 bridgehead atoms. The number of rotatable bonds is 45. The van der Waals surface area contributed by atoms with Crippen molar-refractivity contribution in [3.8, 4) is 0 Å². The zero-order valence-corrected chi connectivity index (χ0v) is 40.4. The summed E-state index contributed by atoms with van der Waals surface area (Å²) in [6.45, 7) is 6.35. The molecule has 0 rings (SSSR count). The van der Waals surface area contributed by atoms with Gasteiger partial charge in [0.25, 0.3) is 0 Å². The lowest BCUT2D eigenvalue weighted by Crippen LogP contribution is -2.30. The van der Waals surface area contributed by atoms with Gasteiger partial charge in [0.15, 0.2) is 6.10 Å². The first-order valence-electron chi connectivity index (χ1n) is 25.6. The van der Waals surface area contributed by atoms with Crippen LogP contribution in [0.25, 0.3) is 0 Å². The number of esters is 3. The van der Waals surface area contributed by atoms with Crippen molar-refractivity contribution in [1.29, 1.82) is 0 Å². The Labute approximate surface area is 382 Å². The third-order valence-electron chi connectivity index (χ3n) is 10.7. The van der Waals surface area contributed by atoms with Crippen LogP contribution in [0.15, 0.2) is 85.1 Å². The quantitative estimate of drug-likeness (QED) is 0.0199. The summed E-state index contributed by atoms with van der Waals surface area (Å²) in [6, 6.07) is 0. The van der Waals surface area contributed by atoms with Crippen LogP contribution >= 0.6 is 0 Å². The Morgan fingerprint density at radius 2 is 0.710 bits per heavy atom. The third-order valence-corrected chi connectivity index (χ3v) is 10.7. The highest BCUT2D eigenvalue weighted by atomic mass is 16.6. The molecule has 0 amide bonds. The molecule has 0 aliphatic heterocycles. The van der Waals surface area contributed by atoms with Gasteiger partial charge in [0, 0.05) is 19.3 Å². The van der Waals surface area contributed by atoms with Gasteiger partial charge < -0.3 is 14.2 Å². The molecule has 0 spiro atoms. The summed E-state index contributed by atoms with van der Waals surface area (Å²) in [6.07, 6.45) is 64.2. The van der Waals surface area contributed by atoms with Crippen molar-refractivity contribution in [1.82, 2.24) is 0 Å². The lowest BCUT2D eigenvalue weighted by atomic mass is 10.0. The maximum absolute atomic E-state index is 12.8. The van der Waals surface area contributed by atoms with E-state index in [0.29, 0.717) is 19.3 Å². The Morgan fingerprint density at radius 1 is 0.355 bits per heavy atom. The molecule has 0 aromatic carbocycles. The predicted octanol–water partition coefficient (Wildman–Crippen LogP) is 16.8. The van der Waals surface area contributed by atoms with Crippen molar-refractivity contribution >= 4 is 17.9 Å². The van der Waals surface area contributed by atoms with Gasteiger partial charge in [0.2, 0.25) is 0 Å². The fraction of sp³-hybridized carbons (Fsp3) is 0.696. The van der Waals surface area contributed by atoms with Gasteiger partial charge in [-0.15, -0.1) is 0 Å². The predicted molar refractivity (Wildman–Crippen MR) is 265 cm³/mol. The molecule has 0 aliphatic rings. The maximum Gasteiger partial charge on any atom is 0.306 e. The zero-order chi connectivity index (χ0) is 45.1. The van der Waals surface area contributed by atoms with E-state index in [9.17, 15) is 14.4 Å². The zero-order valence-electron chi connectivity index (χ0n) is 40.4. The first kappa shape index (κ1) is 58.6. The molecule has 0 aromatic rings. The number of hydrogen-bond donors (Lipinski definition) is 0. The Hall–Kier alpha value is -3.41. The molecular formula is C56H94O6. The van der Waals surface area contributed by atoms with Crippen molar-refractivity contribution in [3.63, 3.8) is 0 Å². The molecule has 6 nitrogen and oxygen atoms in total. The Morgan fingerprint density at radius 3 is 1.18 bits per heavy atom. The summed E-state index contributed by atoms with van der Waals surface area (Å²) in [5.41, 5.74) is 0. The highest BCUT2D eigenvalue weighted by Gasteiger charge is 2.19. The van der Waals surface area contributed by atoms with Gasteiger partial charge in [0.1, 0.15) is 13.2 Å². The standard InChI is InChI=1S/C56H94O6/c1-4-7-10-13-16-19-22-25-27-29-31-34-37-40-43-46-49-55(58)61-52-53(51-60-54(57)48-45-42-39-36-33-30-24-21-18-15-12-9-6-3)62-56(59)50-47-44-41-38-35-32-28-26-23-20-17-14-11-8-5-2/h7-8,10-11,14,16-17,19-20,23,25,27,31,34,53H,4-6,9,12-13,15,18,21-22,24,26,28-30,32-33,35-52H2,1-3H3/b10-7-,11-8-,17-14-,19-16-,23-20-,27-25-,34-31-. The van der Waals surface area contributed by atoms with E-state index in [1.54, 1.807) is 0 Å². The smallest absolute Gasteiger partial charge is 0.306 e. The van der Waals surface area contributed by atoms with Gasteiger partial charge in [-0.05, 0) is 77.0 Å². The third kappa shape index (κ3) is 47.6. The first-order valence-corrected chi connectivity index (χ1v) is 25.6. The van der Waals surface area contributed by atoms with Crippen LogP contribution in [-0.2, 0) is 28.6 Å². The van der Waals surface area contributed by atoms with Crippen molar-refractivity contribution in [3.05, 3.63) is 85.1 Å². The second kappa shape index (κ2) is 50.2. The molecule has 0 N–H and O–H groups in total. The van der Waals surface area contributed by atoms with Crippen LogP contribution in [0, 0.1) is 0 Å². The minimum atomic E-state index is -0.794. The highest BCUT2D eigenvalue weighted by Crippen LogP contribution is 2.15. The second-order valence-corrected chi connectivity index (χ2v) is 16.7. The van der Waals surface area contributed by atoms with Gasteiger partial charge in [0.05, 0.1) is 0 Å². The lowest BCUT2D eigenvalue weighted by molar-refractivity contribution is -0.167. The molecule has 0 fully saturated rings. The van der Waals surface area contributed by atoms with E-state index >= 15 is 0 Å². The van der Waals surface area contributed by atoms with Crippen LogP contribution in [0.5, 0.6) is 0 Å². The Balaban J connectivity index is 4.46. The van der Waals surface area contributed by atoms with Crippen LogP contribution in [0.4, 0.5) is 0 Å². The summed E-state index contributed by atoms with van der Waals surface area (Å²) in [5, 5.41) is 0. The summed E-state index contributed by atoms with van der Waals surface area (Å²) >= 11 is 0. The summed E-state index contributed by atoms with van der Waals surface area (Å²) in [5.74, 6) is -0.935. The summed E-state index contributed by atoms with van der Waals surface area (Å²) in [7, 11) is 0. The lowest BCUT2D eigenvalue weighted by Gasteiger charge is -2.18. The van der Waals surface area contributed by atoms with Gasteiger partial charge in [-0.2, -0.15) is 0 Å². The number of carbonyl (C=O) groups excluding carboxylic acids is 3. The average Bonchev–Trinajstić information content (AvgIpc) is 3.27. The monoisotopic (exact) mass is 863 g/mol. The van der Waals surface area contributed by atoms with Crippen molar-refractivity contribution in [2.24, 2.45) is 0 Å². The number of ether oxygens (including phenoxy) is 3. The van der Waals surface area contributed by atoms with Crippen LogP contribution in [-0.4, -0.2) is 37.2 Å². The van der Waals surface area contributed by atoms with Crippen molar-refractivity contribution < 1.29 is 28.6 Å². The van der Waals surface area contributed by atoms with E-state index < -0.39 is 6.10 Å². The SMILES string of the molecule is CC\C=C/C=C\C=C/CCCCCCCCCC(=O)OC(COC(=O)CCCCC/C=C\C/C=C\C/C=C\C/C=C\CC)COC(=O)CCCCCCCCCCCCCCC. The van der Waals surface area contributed by atoms with Gasteiger partial charge in [-0.25, -0.2) is 0 Å². The van der Waals surface area contributed by atoms with E-state index in [1.165, 1.54) is 89.9 Å². The van der Waals surface area contributed by atoms with Crippen LogP contribution in [0.1, 0.15) is 233 Å². The molecule has 0 radical (unpaired) electrons. The Bertz CT molecular complexity index is 1220. The maximum atomic E-state index is 12.8. The Kier molecular flexibility index (Phi) is 47.5. The molecule has 0 aliphatic carbocycles.